The van der Waals surface area contributed by atoms with Gasteiger partial charge in [0.2, 0.25) is 0 Å². The van der Waals surface area contributed by atoms with Gasteiger partial charge in [0.1, 0.15) is 0 Å². The van der Waals surface area contributed by atoms with Crippen LogP contribution in [0.15, 0.2) is 43.0 Å². The molecule has 1 aliphatic rings. The van der Waals surface area contributed by atoms with Gasteiger partial charge in [0, 0.05) is 24.2 Å². The van der Waals surface area contributed by atoms with Crippen LogP contribution in [0.4, 0.5) is 0 Å². The van der Waals surface area contributed by atoms with E-state index >= 15 is 0 Å². The van der Waals surface area contributed by atoms with E-state index in [0.717, 1.165) is 45.3 Å². The average Bonchev–Trinajstić information content (AvgIpc) is 3.18. The molecule has 1 aromatic carbocycles. The number of ether oxygens (including phenoxy) is 2. The van der Waals surface area contributed by atoms with Gasteiger partial charge in [0.05, 0.1) is 26.1 Å². The molecule has 154 valence electrons. The number of benzene rings is 1. The lowest BCUT2D eigenvalue weighted by atomic mass is 9.79. The monoisotopic (exact) mass is 384 g/mol. The quantitative estimate of drug-likeness (QED) is 0.566. The SMILES string of the molecule is CCCC1(CCC)COC(Cc2ccc(C(C)C)cc2)(Cn2ccnc2)OC1. The summed E-state index contributed by atoms with van der Waals surface area (Å²) in [7, 11) is 0. The molecule has 1 fully saturated rings. The van der Waals surface area contributed by atoms with Crippen molar-refractivity contribution in [1.82, 2.24) is 9.55 Å². The summed E-state index contributed by atoms with van der Waals surface area (Å²) in [6.45, 7) is 11.2. The first-order valence-corrected chi connectivity index (χ1v) is 10.8. The van der Waals surface area contributed by atoms with E-state index in [1.54, 1.807) is 0 Å². The molecule has 2 heterocycles. The van der Waals surface area contributed by atoms with Gasteiger partial charge in [0.25, 0.3) is 0 Å². The summed E-state index contributed by atoms with van der Waals surface area (Å²) in [5, 5.41) is 0. The molecule has 0 atom stereocenters. The summed E-state index contributed by atoms with van der Waals surface area (Å²) in [5.74, 6) is -0.0924. The summed E-state index contributed by atoms with van der Waals surface area (Å²) >= 11 is 0. The van der Waals surface area contributed by atoms with E-state index in [1.807, 2.05) is 18.7 Å². The van der Waals surface area contributed by atoms with Crippen molar-refractivity contribution >= 4 is 0 Å². The van der Waals surface area contributed by atoms with Gasteiger partial charge in [0.15, 0.2) is 5.79 Å². The standard InChI is InChI=1S/C24H36N2O2/c1-5-11-23(12-6-2)17-27-24(28-18-23,16-26-14-13-25-19-26)15-21-7-9-22(10-8-21)20(3)4/h7-10,13-14,19-20H,5-6,11-12,15-18H2,1-4H3. The highest BCUT2D eigenvalue weighted by Gasteiger charge is 2.44. The van der Waals surface area contributed by atoms with Crippen molar-refractivity contribution in [3.63, 3.8) is 0 Å². The number of rotatable bonds is 9. The minimum Gasteiger partial charge on any atom is -0.347 e. The predicted molar refractivity (Wildman–Crippen MR) is 113 cm³/mol. The molecule has 0 amide bonds. The van der Waals surface area contributed by atoms with Crippen molar-refractivity contribution in [2.45, 2.75) is 78.0 Å². The zero-order valence-corrected chi connectivity index (χ0v) is 18.0. The van der Waals surface area contributed by atoms with Gasteiger partial charge in [-0.3, -0.25) is 0 Å². The van der Waals surface area contributed by atoms with Crippen molar-refractivity contribution in [1.29, 1.82) is 0 Å². The Bertz CT molecular complexity index is 691. The Hall–Kier alpha value is -1.65. The summed E-state index contributed by atoms with van der Waals surface area (Å²) in [5.41, 5.74) is 2.77. The van der Waals surface area contributed by atoms with Crippen LogP contribution in [-0.2, 0) is 22.4 Å². The number of hydrogen-bond acceptors (Lipinski definition) is 3. The summed E-state index contributed by atoms with van der Waals surface area (Å²) in [6.07, 6.45) is 11.0. The highest BCUT2D eigenvalue weighted by atomic mass is 16.7. The highest BCUT2D eigenvalue weighted by molar-refractivity contribution is 5.25. The van der Waals surface area contributed by atoms with Gasteiger partial charge in [-0.1, -0.05) is 64.8 Å². The fourth-order valence-electron chi connectivity index (χ4n) is 4.37. The summed E-state index contributed by atoms with van der Waals surface area (Å²) < 4.78 is 15.2. The minimum absolute atomic E-state index is 0.156. The first kappa shape index (κ1) is 21.1. The molecule has 1 aliphatic heterocycles. The van der Waals surface area contributed by atoms with Crippen LogP contribution < -0.4 is 0 Å². The summed E-state index contributed by atoms with van der Waals surface area (Å²) in [4.78, 5) is 4.20. The molecule has 0 spiro atoms. The Morgan fingerprint density at radius 2 is 1.68 bits per heavy atom. The maximum Gasteiger partial charge on any atom is 0.190 e. The molecule has 0 N–H and O–H groups in total. The number of aromatic nitrogens is 2. The van der Waals surface area contributed by atoms with Crippen molar-refractivity contribution < 1.29 is 9.47 Å². The zero-order valence-electron chi connectivity index (χ0n) is 18.0. The third-order valence-corrected chi connectivity index (χ3v) is 5.95. The van der Waals surface area contributed by atoms with Crippen molar-refractivity contribution in [3.8, 4) is 0 Å². The van der Waals surface area contributed by atoms with Crippen molar-refractivity contribution in [2.24, 2.45) is 5.41 Å². The highest BCUT2D eigenvalue weighted by Crippen LogP contribution is 2.39. The number of imidazole rings is 1. The second-order valence-electron chi connectivity index (χ2n) is 8.80. The lowest BCUT2D eigenvalue weighted by molar-refractivity contribution is -0.311. The van der Waals surface area contributed by atoms with E-state index in [9.17, 15) is 0 Å². The summed E-state index contributed by atoms with van der Waals surface area (Å²) in [6, 6.07) is 8.90. The molecule has 0 radical (unpaired) electrons. The molecule has 4 nitrogen and oxygen atoms in total. The van der Waals surface area contributed by atoms with Gasteiger partial charge in [-0.05, 0) is 29.9 Å². The lowest BCUT2D eigenvalue weighted by Gasteiger charge is -2.47. The number of hydrogen-bond donors (Lipinski definition) is 0. The molecule has 0 saturated carbocycles. The largest absolute Gasteiger partial charge is 0.347 e. The molecule has 0 bridgehead atoms. The smallest absolute Gasteiger partial charge is 0.190 e. The zero-order chi connectivity index (χ0) is 20.0. The molecule has 4 heteroatoms. The molecular weight excluding hydrogens is 348 g/mol. The van der Waals surface area contributed by atoms with Crippen molar-refractivity contribution in [3.05, 3.63) is 54.1 Å². The van der Waals surface area contributed by atoms with Gasteiger partial charge in [-0.15, -0.1) is 0 Å². The van der Waals surface area contributed by atoms with E-state index in [1.165, 1.54) is 11.1 Å². The Balaban J connectivity index is 1.79. The van der Waals surface area contributed by atoms with Gasteiger partial charge in [-0.2, -0.15) is 0 Å². The number of nitrogens with zero attached hydrogens (tertiary/aromatic N) is 2. The second-order valence-corrected chi connectivity index (χ2v) is 8.80. The van der Waals surface area contributed by atoms with Crippen LogP contribution in [0.25, 0.3) is 0 Å². The molecule has 3 rings (SSSR count). The Kier molecular flexibility index (Phi) is 6.95. The van der Waals surface area contributed by atoms with Gasteiger partial charge >= 0.3 is 0 Å². The maximum absolute atomic E-state index is 6.57. The maximum atomic E-state index is 6.57. The van der Waals surface area contributed by atoms with Crippen LogP contribution in [0.1, 0.15) is 70.4 Å². The molecule has 28 heavy (non-hydrogen) atoms. The third-order valence-electron chi connectivity index (χ3n) is 5.95. The van der Waals surface area contributed by atoms with E-state index in [0.29, 0.717) is 12.5 Å². The molecule has 1 aromatic heterocycles. The first-order valence-electron chi connectivity index (χ1n) is 10.8. The predicted octanol–water partition coefficient (Wildman–Crippen LogP) is 5.58. The average molecular weight is 385 g/mol. The Morgan fingerprint density at radius 3 is 2.18 bits per heavy atom. The Morgan fingerprint density at radius 1 is 1.04 bits per heavy atom. The molecule has 1 saturated heterocycles. The van der Waals surface area contributed by atoms with Gasteiger partial charge in [-0.25, -0.2) is 4.98 Å². The second kappa shape index (κ2) is 9.23. The van der Waals surface area contributed by atoms with E-state index < -0.39 is 5.79 Å². The molecule has 2 aromatic rings. The normalized spacial score (nSPS) is 18.5. The van der Waals surface area contributed by atoms with E-state index in [4.69, 9.17) is 9.47 Å². The first-order chi connectivity index (χ1) is 13.5. The van der Waals surface area contributed by atoms with Crippen LogP contribution >= 0.6 is 0 Å². The molecule has 0 unspecified atom stereocenters. The minimum atomic E-state index is -0.634. The van der Waals surface area contributed by atoms with Crippen LogP contribution in [0.5, 0.6) is 0 Å². The van der Waals surface area contributed by atoms with Crippen LogP contribution in [0, 0.1) is 5.41 Å². The van der Waals surface area contributed by atoms with Crippen LogP contribution in [-0.4, -0.2) is 28.6 Å². The van der Waals surface area contributed by atoms with Crippen LogP contribution in [0.2, 0.25) is 0 Å². The topological polar surface area (TPSA) is 36.3 Å². The van der Waals surface area contributed by atoms with E-state index in [2.05, 4.69) is 61.5 Å². The lowest BCUT2D eigenvalue weighted by Crippen LogP contribution is -2.53. The van der Waals surface area contributed by atoms with E-state index in [-0.39, 0.29) is 5.41 Å². The fourth-order valence-corrected chi connectivity index (χ4v) is 4.37. The Labute approximate surface area is 170 Å². The van der Waals surface area contributed by atoms with Crippen molar-refractivity contribution in [2.75, 3.05) is 13.2 Å². The third kappa shape index (κ3) is 5.03. The molecule has 0 aliphatic carbocycles. The fraction of sp³-hybridized carbons (Fsp3) is 0.625. The molecular formula is C24H36N2O2. The van der Waals surface area contributed by atoms with Crippen LogP contribution in [0.3, 0.4) is 0 Å². The van der Waals surface area contributed by atoms with Gasteiger partial charge < -0.3 is 14.0 Å².